The molecule has 0 amide bonds. The number of piperidine rings is 1. The van der Waals surface area contributed by atoms with Crippen LogP contribution in [0.5, 0.6) is 0 Å². The van der Waals surface area contributed by atoms with Gasteiger partial charge in [-0.15, -0.1) is 35.7 Å². The average Bonchev–Trinajstić information content (AvgIpc) is 3.22. The molecule has 2 aliphatic rings. The lowest BCUT2D eigenvalue weighted by Crippen LogP contribution is -2.48. The van der Waals surface area contributed by atoms with Crippen molar-refractivity contribution in [2.45, 2.75) is 55.0 Å². The van der Waals surface area contributed by atoms with E-state index in [9.17, 15) is 0 Å². The highest BCUT2D eigenvalue weighted by Gasteiger charge is 2.24. The van der Waals surface area contributed by atoms with E-state index in [1.54, 1.807) is 0 Å². The van der Waals surface area contributed by atoms with Crippen LogP contribution in [0.25, 0.3) is 0 Å². The molecular weight excluding hydrogens is 485 g/mol. The molecule has 5 nitrogen and oxygen atoms in total. The predicted molar refractivity (Wildman–Crippen MR) is 128 cm³/mol. The second kappa shape index (κ2) is 12.9. The third kappa shape index (κ3) is 7.72. The molecular formula is C21H34IN3O2S. The quantitative estimate of drug-likeness (QED) is 0.255. The molecule has 1 aromatic rings. The van der Waals surface area contributed by atoms with E-state index in [0.717, 1.165) is 58.1 Å². The molecule has 3 rings (SSSR count). The molecule has 0 aliphatic carbocycles. The molecule has 2 fully saturated rings. The van der Waals surface area contributed by atoms with Crippen molar-refractivity contribution in [3.63, 3.8) is 0 Å². The number of nitrogens with zero attached hydrogens (tertiary/aromatic N) is 2. The van der Waals surface area contributed by atoms with E-state index in [1.165, 1.54) is 11.3 Å². The highest BCUT2D eigenvalue weighted by molar-refractivity contribution is 14.0. The van der Waals surface area contributed by atoms with Crippen LogP contribution in [-0.4, -0.2) is 68.2 Å². The number of rotatable bonds is 7. The Morgan fingerprint density at radius 3 is 2.68 bits per heavy atom. The van der Waals surface area contributed by atoms with Gasteiger partial charge in [0, 0.05) is 43.4 Å². The van der Waals surface area contributed by atoms with E-state index < -0.39 is 0 Å². The van der Waals surface area contributed by atoms with E-state index in [2.05, 4.69) is 52.5 Å². The summed E-state index contributed by atoms with van der Waals surface area (Å²) in [6, 6.07) is 10.6. The lowest BCUT2D eigenvalue weighted by molar-refractivity contribution is -0.0367. The molecule has 2 atom stereocenters. The molecule has 2 aliphatic heterocycles. The lowest BCUT2D eigenvalue weighted by atomic mass is 10.1. The number of nitrogens with one attached hydrogen (secondary N) is 1. The summed E-state index contributed by atoms with van der Waals surface area (Å²) >= 11 is 1.89. The van der Waals surface area contributed by atoms with Crippen molar-refractivity contribution in [3.05, 3.63) is 30.3 Å². The number of aliphatic imine (C=N–C) groups is 1. The maximum Gasteiger partial charge on any atom is 0.193 e. The first-order chi connectivity index (χ1) is 13.2. The van der Waals surface area contributed by atoms with Gasteiger partial charge in [0.15, 0.2) is 5.96 Å². The van der Waals surface area contributed by atoms with Crippen molar-refractivity contribution in [2.75, 3.05) is 39.9 Å². The molecule has 2 heterocycles. The lowest BCUT2D eigenvalue weighted by Gasteiger charge is -2.34. The van der Waals surface area contributed by atoms with Gasteiger partial charge in [-0.05, 0) is 37.8 Å². The van der Waals surface area contributed by atoms with Gasteiger partial charge in [-0.2, -0.15) is 0 Å². The fraction of sp³-hybridized carbons (Fsp3) is 0.667. The van der Waals surface area contributed by atoms with Gasteiger partial charge in [-0.1, -0.05) is 25.1 Å². The first kappa shape index (κ1) is 23.8. The zero-order valence-corrected chi connectivity index (χ0v) is 20.2. The SMILES string of the molecule is CN=C(NCC(C)Sc1ccccc1)N1CCC(OCC2CCCO2)CC1.I. The first-order valence-electron chi connectivity index (χ1n) is 10.1. The minimum absolute atomic E-state index is 0. The predicted octanol–water partition coefficient (Wildman–Crippen LogP) is 4.02. The molecule has 0 aromatic heterocycles. The average molecular weight is 519 g/mol. The largest absolute Gasteiger partial charge is 0.376 e. The summed E-state index contributed by atoms with van der Waals surface area (Å²) in [6.07, 6.45) is 5.12. The number of halogens is 1. The summed E-state index contributed by atoms with van der Waals surface area (Å²) in [5, 5.41) is 4.03. The van der Waals surface area contributed by atoms with Crippen LogP contribution in [0.3, 0.4) is 0 Å². The molecule has 158 valence electrons. The fourth-order valence-corrected chi connectivity index (χ4v) is 4.54. The third-order valence-corrected chi connectivity index (χ3v) is 6.24. The molecule has 2 saturated heterocycles. The zero-order chi connectivity index (χ0) is 18.9. The number of hydrogen-bond acceptors (Lipinski definition) is 4. The zero-order valence-electron chi connectivity index (χ0n) is 17.0. The molecule has 28 heavy (non-hydrogen) atoms. The van der Waals surface area contributed by atoms with E-state index >= 15 is 0 Å². The number of hydrogen-bond donors (Lipinski definition) is 1. The molecule has 0 bridgehead atoms. The molecule has 1 N–H and O–H groups in total. The summed E-state index contributed by atoms with van der Waals surface area (Å²) in [6.45, 7) is 6.80. The summed E-state index contributed by atoms with van der Waals surface area (Å²) in [5.41, 5.74) is 0. The Balaban J connectivity index is 0.00000280. The van der Waals surface area contributed by atoms with E-state index in [-0.39, 0.29) is 24.0 Å². The molecule has 0 radical (unpaired) electrons. The number of likely N-dealkylation sites (tertiary alicyclic amines) is 1. The minimum atomic E-state index is 0. The number of ether oxygens (including phenoxy) is 2. The van der Waals surface area contributed by atoms with Gasteiger partial charge in [-0.25, -0.2) is 0 Å². The number of guanidine groups is 1. The van der Waals surface area contributed by atoms with Gasteiger partial charge in [0.25, 0.3) is 0 Å². The highest BCUT2D eigenvalue weighted by Crippen LogP contribution is 2.22. The van der Waals surface area contributed by atoms with Crippen molar-refractivity contribution in [2.24, 2.45) is 4.99 Å². The molecule has 0 spiro atoms. The standard InChI is InChI=1S/C21H33N3O2S.HI/c1-17(27-20-8-4-3-5-9-20)15-23-21(22-2)24-12-10-18(11-13-24)26-16-19-7-6-14-25-19;/h3-5,8-9,17-19H,6-7,10-16H2,1-2H3,(H,22,23);1H. The van der Waals surface area contributed by atoms with E-state index in [4.69, 9.17) is 9.47 Å². The normalized spacial score (nSPS) is 22.0. The van der Waals surface area contributed by atoms with Gasteiger partial charge in [0.05, 0.1) is 18.8 Å². The number of benzene rings is 1. The summed E-state index contributed by atoms with van der Waals surface area (Å²) in [4.78, 5) is 8.15. The van der Waals surface area contributed by atoms with Crippen molar-refractivity contribution in [1.82, 2.24) is 10.2 Å². The van der Waals surface area contributed by atoms with Crippen LogP contribution in [0.1, 0.15) is 32.6 Å². The molecule has 0 saturated carbocycles. The van der Waals surface area contributed by atoms with Crippen LogP contribution in [0.2, 0.25) is 0 Å². The van der Waals surface area contributed by atoms with Gasteiger partial charge >= 0.3 is 0 Å². The second-order valence-electron chi connectivity index (χ2n) is 7.32. The Labute approximate surface area is 191 Å². The number of thioether (sulfide) groups is 1. The van der Waals surface area contributed by atoms with Crippen LogP contribution in [0, 0.1) is 0 Å². The minimum Gasteiger partial charge on any atom is -0.376 e. The maximum atomic E-state index is 6.08. The van der Waals surface area contributed by atoms with E-state index in [1.807, 2.05) is 18.8 Å². The van der Waals surface area contributed by atoms with Crippen LogP contribution >= 0.6 is 35.7 Å². The van der Waals surface area contributed by atoms with Crippen molar-refractivity contribution < 1.29 is 9.47 Å². The van der Waals surface area contributed by atoms with Gasteiger partial charge in [0.2, 0.25) is 0 Å². The van der Waals surface area contributed by atoms with Gasteiger partial charge in [0.1, 0.15) is 0 Å². The Bertz CT molecular complexity index is 576. The van der Waals surface area contributed by atoms with Crippen molar-refractivity contribution in [1.29, 1.82) is 0 Å². The Morgan fingerprint density at radius 2 is 2.04 bits per heavy atom. The highest BCUT2D eigenvalue weighted by atomic mass is 127. The Morgan fingerprint density at radius 1 is 1.29 bits per heavy atom. The van der Waals surface area contributed by atoms with Crippen LogP contribution in [0.15, 0.2) is 40.2 Å². The van der Waals surface area contributed by atoms with Crippen LogP contribution in [0.4, 0.5) is 0 Å². The fourth-order valence-electron chi connectivity index (χ4n) is 3.59. The molecule has 2 unspecified atom stereocenters. The second-order valence-corrected chi connectivity index (χ2v) is 8.84. The van der Waals surface area contributed by atoms with Crippen molar-refractivity contribution in [3.8, 4) is 0 Å². The van der Waals surface area contributed by atoms with E-state index in [0.29, 0.717) is 17.5 Å². The smallest absolute Gasteiger partial charge is 0.193 e. The Kier molecular flexibility index (Phi) is 11.0. The molecule has 7 heteroatoms. The maximum absolute atomic E-state index is 6.08. The summed E-state index contributed by atoms with van der Waals surface area (Å²) < 4.78 is 11.7. The third-order valence-electron chi connectivity index (χ3n) is 5.12. The summed E-state index contributed by atoms with van der Waals surface area (Å²) in [7, 11) is 1.87. The van der Waals surface area contributed by atoms with Crippen LogP contribution in [-0.2, 0) is 9.47 Å². The summed E-state index contributed by atoms with van der Waals surface area (Å²) in [5.74, 6) is 1.01. The first-order valence-corrected chi connectivity index (χ1v) is 11.0. The van der Waals surface area contributed by atoms with Gasteiger partial charge < -0.3 is 19.7 Å². The Hall–Kier alpha value is -0.510. The topological polar surface area (TPSA) is 46.1 Å². The van der Waals surface area contributed by atoms with Gasteiger partial charge in [-0.3, -0.25) is 4.99 Å². The molecule has 1 aromatic carbocycles. The van der Waals surface area contributed by atoms with Crippen molar-refractivity contribution >= 4 is 41.7 Å². The van der Waals surface area contributed by atoms with Crippen LogP contribution < -0.4 is 5.32 Å². The monoisotopic (exact) mass is 519 g/mol.